The Morgan fingerprint density at radius 2 is 1.78 bits per heavy atom. The van der Waals surface area contributed by atoms with Crippen LogP contribution in [-0.2, 0) is 9.59 Å². The second kappa shape index (κ2) is 10.7. The molecule has 198 valence electrons. The van der Waals surface area contributed by atoms with E-state index in [0.717, 1.165) is 6.42 Å². The van der Waals surface area contributed by atoms with Gasteiger partial charge in [0.2, 0.25) is 5.91 Å². The zero-order valence-electron chi connectivity index (χ0n) is 20.0. The van der Waals surface area contributed by atoms with Crippen molar-refractivity contribution in [3.05, 3.63) is 59.4 Å². The van der Waals surface area contributed by atoms with Crippen LogP contribution in [0.1, 0.15) is 61.0 Å². The van der Waals surface area contributed by atoms with Gasteiger partial charge >= 0.3 is 11.5 Å². The van der Waals surface area contributed by atoms with E-state index in [9.17, 15) is 31.9 Å². The maximum Gasteiger partial charge on any atom is 0.446 e. The van der Waals surface area contributed by atoms with E-state index in [0.29, 0.717) is 24.1 Å². The van der Waals surface area contributed by atoms with E-state index in [1.807, 2.05) is 0 Å². The third-order valence-electron chi connectivity index (χ3n) is 6.94. The Morgan fingerprint density at radius 1 is 1.08 bits per heavy atom. The molecule has 2 amide bonds. The third-order valence-corrected chi connectivity index (χ3v) is 7.68. The topological polar surface area (TPSA) is 77.9 Å². The standard InChI is InChI=1S/C26H26F4N2O4S/c1-2-31(22(33)12-13-23(34)35)24-18-4-3-5-20(18)32(21-11-8-16(27)14-19(21)24)25(36)15-6-9-17(10-7-15)37-26(28,29)30/h6-11,14,18,20,24H,2-5,12-13H2,1H3,(H,34,35)/t18-,20+,24?/m1/s1. The molecule has 4 rings (SSSR count). The first-order valence-electron chi connectivity index (χ1n) is 12.0. The molecule has 11 heteroatoms. The Hall–Kier alpha value is -3.08. The molecule has 0 bridgehead atoms. The highest BCUT2D eigenvalue weighted by Gasteiger charge is 2.48. The number of fused-ring (bicyclic) bond motifs is 2. The maximum atomic E-state index is 14.5. The molecule has 2 aliphatic rings. The predicted molar refractivity (Wildman–Crippen MR) is 130 cm³/mol. The number of benzene rings is 2. The largest absolute Gasteiger partial charge is 0.481 e. The van der Waals surface area contributed by atoms with Crippen LogP contribution in [0.5, 0.6) is 0 Å². The Bertz CT molecular complexity index is 1190. The van der Waals surface area contributed by atoms with Gasteiger partial charge in [-0.3, -0.25) is 14.4 Å². The molecule has 1 aliphatic carbocycles. The summed E-state index contributed by atoms with van der Waals surface area (Å²) in [5, 5.41) is 9.03. The van der Waals surface area contributed by atoms with Crippen molar-refractivity contribution in [2.45, 2.75) is 61.5 Å². The molecule has 0 saturated heterocycles. The summed E-state index contributed by atoms with van der Waals surface area (Å²) in [6.45, 7) is 2.06. The van der Waals surface area contributed by atoms with Crippen LogP contribution in [0.25, 0.3) is 0 Å². The summed E-state index contributed by atoms with van der Waals surface area (Å²) in [7, 11) is 0. The zero-order valence-corrected chi connectivity index (χ0v) is 20.8. The molecular weight excluding hydrogens is 512 g/mol. The smallest absolute Gasteiger partial charge is 0.446 e. The lowest BCUT2D eigenvalue weighted by Gasteiger charge is -2.47. The van der Waals surface area contributed by atoms with Crippen molar-refractivity contribution >= 4 is 35.2 Å². The molecule has 2 aromatic rings. The SMILES string of the molecule is CCN(C(=O)CCC(=O)O)C1c2cc(F)ccc2N(C(=O)c2ccc(SC(F)(F)F)cc2)[C@H]2CCC[C@@H]12. The molecule has 1 fully saturated rings. The van der Waals surface area contributed by atoms with Crippen molar-refractivity contribution in [3.8, 4) is 0 Å². The van der Waals surface area contributed by atoms with Gasteiger partial charge in [0.1, 0.15) is 5.82 Å². The van der Waals surface area contributed by atoms with Gasteiger partial charge < -0.3 is 14.9 Å². The molecule has 2 aromatic carbocycles. The van der Waals surface area contributed by atoms with E-state index in [2.05, 4.69) is 0 Å². The van der Waals surface area contributed by atoms with E-state index in [1.54, 1.807) is 16.7 Å². The number of carboxylic acids is 1. The number of alkyl halides is 3. The quantitative estimate of drug-likeness (QED) is 0.345. The fourth-order valence-corrected chi connectivity index (χ4v) is 6.07. The Balaban J connectivity index is 1.72. The van der Waals surface area contributed by atoms with Gasteiger partial charge in [0.15, 0.2) is 0 Å². The third kappa shape index (κ3) is 5.76. The van der Waals surface area contributed by atoms with Gasteiger partial charge in [-0.1, -0.05) is 6.42 Å². The first-order valence-corrected chi connectivity index (χ1v) is 12.8. The normalized spacial score (nSPS) is 20.8. The Labute approximate surface area is 215 Å². The molecule has 0 radical (unpaired) electrons. The summed E-state index contributed by atoms with van der Waals surface area (Å²) in [5.41, 5.74) is -3.33. The molecule has 1 N–H and O–H groups in total. The van der Waals surface area contributed by atoms with Gasteiger partial charge in [0, 0.05) is 46.6 Å². The first kappa shape index (κ1) is 27.0. The van der Waals surface area contributed by atoms with Crippen LogP contribution in [0.3, 0.4) is 0 Å². The highest BCUT2D eigenvalue weighted by molar-refractivity contribution is 8.00. The number of carbonyl (C=O) groups is 3. The highest BCUT2D eigenvalue weighted by atomic mass is 32.2. The number of anilines is 1. The molecule has 1 aliphatic heterocycles. The lowest BCUT2D eigenvalue weighted by atomic mass is 9.81. The van der Waals surface area contributed by atoms with Crippen LogP contribution in [0.4, 0.5) is 23.2 Å². The van der Waals surface area contributed by atoms with Crippen molar-refractivity contribution in [3.63, 3.8) is 0 Å². The van der Waals surface area contributed by atoms with Gasteiger partial charge in [-0.25, -0.2) is 4.39 Å². The summed E-state index contributed by atoms with van der Waals surface area (Å²) in [6, 6.07) is 8.40. The van der Waals surface area contributed by atoms with Crippen LogP contribution >= 0.6 is 11.8 Å². The van der Waals surface area contributed by atoms with E-state index in [1.165, 1.54) is 42.5 Å². The van der Waals surface area contributed by atoms with Gasteiger partial charge in [-0.15, -0.1) is 0 Å². The molecule has 37 heavy (non-hydrogen) atoms. The van der Waals surface area contributed by atoms with Gasteiger partial charge in [0.05, 0.1) is 12.5 Å². The number of nitrogens with zero attached hydrogens (tertiary/aromatic N) is 2. The highest BCUT2D eigenvalue weighted by Crippen LogP contribution is 2.51. The number of carboxylic acid groups (broad SMARTS) is 1. The van der Waals surface area contributed by atoms with Crippen LogP contribution in [0, 0.1) is 11.7 Å². The number of amides is 2. The monoisotopic (exact) mass is 538 g/mol. The minimum atomic E-state index is -4.44. The lowest BCUT2D eigenvalue weighted by molar-refractivity contribution is -0.142. The van der Waals surface area contributed by atoms with Crippen LogP contribution in [0.2, 0.25) is 0 Å². The maximum absolute atomic E-state index is 14.5. The first-order chi connectivity index (χ1) is 17.5. The second-order valence-corrected chi connectivity index (χ2v) is 10.3. The number of hydrogen-bond donors (Lipinski definition) is 1. The Kier molecular flexibility index (Phi) is 7.82. The number of carbonyl (C=O) groups excluding carboxylic acids is 2. The summed E-state index contributed by atoms with van der Waals surface area (Å²) < 4.78 is 52.6. The van der Waals surface area contributed by atoms with Gasteiger partial charge in [-0.2, -0.15) is 13.2 Å². The van der Waals surface area contributed by atoms with Crippen molar-refractivity contribution in [2.75, 3.05) is 11.4 Å². The van der Waals surface area contributed by atoms with E-state index in [4.69, 9.17) is 5.11 Å². The van der Waals surface area contributed by atoms with Crippen LogP contribution < -0.4 is 4.90 Å². The molecule has 0 spiro atoms. The number of aliphatic carboxylic acids is 1. The molecule has 1 unspecified atom stereocenters. The Morgan fingerprint density at radius 3 is 2.41 bits per heavy atom. The average molecular weight is 539 g/mol. The molecule has 6 nitrogen and oxygen atoms in total. The molecular formula is C26H26F4N2O4S. The van der Waals surface area contributed by atoms with Gasteiger partial charge in [-0.05, 0) is 74.0 Å². The number of halogens is 4. The fourth-order valence-electron chi connectivity index (χ4n) is 5.53. The van der Waals surface area contributed by atoms with Crippen molar-refractivity contribution in [1.29, 1.82) is 0 Å². The number of rotatable bonds is 7. The molecule has 1 saturated carbocycles. The predicted octanol–water partition coefficient (Wildman–Crippen LogP) is 6.02. The van der Waals surface area contributed by atoms with Crippen LogP contribution in [0.15, 0.2) is 47.4 Å². The minimum Gasteiger partial charge on any atom is -0.481 e. The summed E-state index contributed by atoms with van der Waals surface area (Å²) in [6.07, 6.45) is 1.59. The summed E-state index contributed by atoms with van der Waals surface area (Å²) in [5.74, 6) is -2.59. The number of thioether (sulfide) groups is 1. The summed E-state index contributed by atoms with van der Waals surface area (Å²) >= 11 is -0.264. The lowest BCUT2D eigenvalue weighted by Crippen LogP contribution is -2.52. The number of hydrogen-bond acceptors (Lipinski definition) is 4. The zero-order chi connectivity index (χ0) is 26.9. The van der Waals surface area contributed by atoms with Crippen molar-refractivity contribution < 1.29 is 37.1 Å². The molecule has 1 heterocycles. The van der Waals surface area contributed by atoms with E-state index < -0.39 is 29.2 Å². The second-order valence-electron chi connectivity index (χ2n) is 9.13. The van der Waals surface area contributed by atoms with Crippen LogP contribution in [-0.4, -0.2) is 45.9 Å². The van der Waals surface area contributed by atoms with E-state index >= 15 is 0 Å². The fraction of sp³-hybridized carbons (Fsp3) is 0.423. The van der Waals surface area contributed by atoms with Gasteiger partial charge in [0.25, 0.3) is 5.91 Å². The van der Waals surface area contributed by atoms with E-state index in [-0.39, 0.29) is 59.5 Å². The van der Waals surface area contributed by atoms with Crippen molar-refractivity contribution in [2.24, 2.45) is 5.92 Å². The molecule has 3 atom stereocenters. The average Bonchev–Trinajstić information content (AvgIpc) is 3.31. The minimum absolute atomic E-state index is 0.0394. The van der Waals surface area contributed by atoms with Crippen molar-refractivity contribution in [1.82, 2.24) is 4.90 Å². The molecule has 0 aromatic heterocycles. The summed E-state index contributed by atoms with van der Waals surface area (Å²) in [4.78, 5) is 40.9.